The van der Waals surface area contributed by atoms with Crippen LogP contribution in [0.4, 0.5) is 0 Å². The summed E-state index contributed by atoms with van der Waals surface area (Å²) in [5.41, 5.74) is 1.30. The van der Waals surface area contributed by atoms with Crippen molar-refractivity contribution in [1.29, 1.82) is 0 Å². The van der Waals surface area contributed by atoms with Gasteiger partial charge in [0.25, 0.3) is 0 Å². The number of nitrogens with zero attached hydrogens (tertiary/aromatic N) is 2. The summed E-state index contributed by atoms with van der Waals surface area (Å²) in [6.07, 6.45) is 7.29. The number of aliphatic hydroxyl groups excluding tert-OH is 1. The summed E-state index contributed by atoms with van der Waals surface area (Å²) in [5, 5.41) is 13.1. The predicted octanol–water partition coefficient (Wildman–Crippen LogP) is 1.22. The summed E-state index contributed by atoms with van der Waals surface area (Å²) >= 11 is 0. The Morgan fingerprint density at radius 1 is 1.39 bits per heavy atom. The van der Waals surface area contributed by atoms with Gasteiger partial charge in [-0.15, -0.1) is 0 Å². The summed E-state index contributed by atoms with van der Waals surface area (Å²) in [5.74, 6) is 1.14. The SMILES string of the molecule is CC(=O)N[C@@H]1C[C@@H]2CN(CCCc3cccnc3)C[C@@H]2C[C@H]1O. The van der Waals surface area contributed by atoms with Crippen LogP contribution in [0.5, 0.6) is 0 Å². The van der Waals surface area contributed by atoms with Gasteiger partial charge in [0.15, 0.2) is 0 Å². The minimum absolute atomic E-state index is 0.0428. The summed E-state index contributed by atoms with van der Waals surface area (Å²) in [7, 11) is 0. The molecule has 2 fully saturated rings. The fourth-order valence-corrected chi connectivity index (χ4v) is 4.18. The van der Waals surface area contributed by atoms with Crippen LogP contribution in [0.25, 0.3) is 0 Å². The molecule has 2 aliphatic rings. The number of carbonyl (C=O) groups excluding carboxylic acids is 1. The Labute approximate surface area is 138 Å². The normalized spacial score (nSPS) is 30.9. The van der Waals surface area contributed by atoms with Crippen LogP contribution in [0.3, 0.4) is 0 Å². The van der Waals surface area contributed by atoms with Gasteiger partial charge in [0.1, 0.15) is 0 Å². The molecule has 0 bridgehead atoms. The van der Waals surface area contributed by atoms with Crippen molar-refractivity contribution in [3.63, 3.8) is 0 Å². The molecule has 0 aromatic carbocycles. The number of fused-ring (bicyclic) bond motifs is 1. The first-order chi connectivity index (χ1) is 11.1. The third-order valence-corrected chi connectivity index (χ3v) is 5.27. The molecule has 2 N–H and O–H groups in total. The lowest BCUT2D eigenvalue weighted by atomic mass is 9.77. The van der Waals surface area contributed by atoms with E-state index in [1.807, 2.05) is 18.5 Å². The van der Waals surface area contributed by atoms with Crippen molar-refractivity contribution >= 4 is 5.91 Å². The smallest absolute Gasteiger partial charge is 0.217 e. The Balaban J connectivity index is 1.45. The van der Waals surface area contributed by atoms with E-state index in [0.29, 0.717) is 11.8 Å². The average molecular weight is 317 g/mol. The van der Waals surface area contributed by atoms with Crippen molar-refractivity contribution in [1.82, 2.24) is 15.2 Å². The fourth-order valence-electron chi connectivity index (χ4n) is 4.18. The number of rotatable bonds is 5. The Morgan fingerprint density at radius 2 is 2.17 bits per heavy atom. The van der Waals surface area contributed by atoms with Crippen LogP contribution < -0.4 is 5.32 Å². The molecule has 23 heavy (non-hydrogen) atoms. The van der Waals surface area contributed by atoms with Gasteiger partial charge in [-0.05, 0) is 55.7 Å². The molecule has 1 aliphatic heterocycles. The molecule has 5 nitrogen and oxygen atoms in total. The van der Waals surface area contributed by atoms with Crippen LogP contribution in [0.1, 0.15) is 31.7 Å². The second-order valence-corrected chi connectivity index (χ2v) is 7.09. The molecule has 2 heterocycles. The Bertz CT molecular complexity index is 522. The molecule has 1 saturated carbocycles. The topological polar surface area (TPSA) is 65.5 Å². The maximum absolute atomic E-state index is 11.3. The number of hydrogen-bond donors (Lipinski definition) is 2. The van der Waals surface area contributed by atoms with Crippen molar-refractivity contribution in [2.45, 2.75) is 44.8 Å². The second-order valence-electron chi connectivity index (χ2n) is 7.09. The first-order valence-electron chi connectivity index (χ1n) is 8.68. The Hall–Kier alpha value is -1.46. The largest absolute Gasteiger partial charge is 0.391 e. The van der Waals surface area contributed by atoms with Gasteiger partial charge in [0, 0.05) is 32.4 Å². The molecule has 0 spiro atoms. The molecule has 4 atom stereocenters. The second kappa shape index (κ2) is 7.41. The molecule has 1 aliphatic carbocycles. The predicted molar refractivity (Wildman–Crippen MR) is 88.8 cm³/mol. The van der Waals surface area contributed by atoms with Gasteiger partial charge >= 0.3 is 0 Å². The van der Waals surface area contributed by atoms with Crippen LogP contribution in [-0.2, 0) is 11.2 Å². The third kappa shape index (κ3) is 4.30. The zero-order valence-electron chi connectivity index (χ0n) is 13.8. The number of aryl methyl sites for hydroxylation is 1. The highest BCUT2D eigenvalue weighted by molar-refractivity contribution is 5.73. The summed E-state index contributed by atoms with van der Waals surface area (Å²) in [6, 6.07) is 4.05. The summed E-state index contributed by atoms with van der Waals surface area (Å²) in [4.78, 5) is 17.9. The molecular weight excluding hydrogens is 290 g/mol. The number of carbonyl (C=O) groups is 1. The number of aliphatic hydroxyl groups is 1. The lowest BCUT2D eigenvalue weighted by Crippen LogP contribution is -2.48. The van der Waals surface area contributed by atoms with Crippen LogP contribution >= 0.6 is 0 Å². The van der Waals surface area contributed by atoms with Gasteiger partial charge in [-0.2, -0.15) is 0 Å². The van der Waals surface area contributed by atoms with E-state index < -0.39 is 6.10 Å². The highest BCUT2D eigenvalue weighted by Gasteiger charge is 2.41. The van der Waals surface area contributed by atoms with E-state index in [9.17, 15) is 9.90 Å². The summed E-state index contributed by atoms with van der Waals surface area (Å²) < 4.78 is 0. The molecule has 126 valence electrons. The van der Waals surface area contributed by atoms with E-state index in [0.717, 1.165) is 45.3 Å². The molecule has 1 aromatic heterocycles. The van der Waals surface area contributed by atoms with Crippen LogP contribution in [-0.4, -0.2) is 52.7 Å². The van der Waals surface area contributed by atoms with E-state index in [2.05, 4.69) is 21.3 Å². The summed E-state index contributed by atoms with van der Waals surface area (Å²) in [6.45, 7) is 4.81. The average Bonchev–Trinajstić information content (AvgIpc) is 2.90. The van der Waals surface area contributed by atoms with Crippen molar-refractivity contribution in [2.75, 3.05) is 19.6 Å². The maximum atomic E-state index is 11.3. The quantitative estimate of drug-likeness (QED) is 0.857. The van der Waals surface area contributed by atoms with Crippen molar-refractivity contribution in [3.8, 4) is 0 Å². The highest BCUT2D eigenvalue weighted by atomic mass is 16.3. The van der Waals surface area contributed by atoms with E-state index in [1.165, 1.54) is 12.5 Å². The molecular formula is C18H27N3O2. The molecule has 1 amide bonds. The Morgan fingerprint density at radius 3 is 2.87 bits per heavy atom. The number of pyridine rings is 1. The molecule has 0 radical (unpaired) electrons. The number of amides is 1. The fraction of sp³-hybridized carbons (Fsp3) is 0.667. The lowest BCUT2D eigenvalue weighted by Gasteiger charge is -2.35. The minimum Gasteiger partial charge on any atom is -0.391 e. The van der Waals surface area contributed by atoms with Gasteiger partial charge in [-0.25, -0.2) is 0 Å². The highest BCUT2D eigenvalue weighted by Crippen LogP contribution is 2.36. The van der Waals surface area contributed by atoms with Crippen LogP contribution in [0, 0.1) is 11.8 Å². The van der Waals surface area contributed by atoms with E-state index >= 15 is 0 Å². The van der Waals surface area contributed by atoms with Crippen molar-refractivity contribution < 1.29 is 9.90 Å². The molecule has 1 aromatic rings. The maximum Gasteiger partial charge on any atom is 0.217 e. The van der Waals surface area contributed by atoms with Crippen molar-refractivity contribution in [2.24, 2.45) is 11.8 Å². The van der Waals surface area contributed by atoms with Gasteiger partial charge in [-0.3, -0.25) is 9.78 Å². The van der Waals surface area contributed by atoms with Gasteiger partial charge in [0.2, 0.25) is 5.91 Å². The lowest BCUT2D eigenvalue weighted by molar-refractivity contribution is -0.121. The number of nitrogens with one attached hydrogen (secondary N) is 1. The molecule has 1 saturated heterocycles. The van der Waals surface area contributed by atoms with Gasteiger partial charge in [0.05, 0.1) is 12.1 Å². The van der Waals surface area contributed by atoms with E-state index in [-0.39, 0.29) is 11.9 Å². The number of aromatic nitrogens is 1. The van der Waals surface area contributed by atoms with Gasteiger partial charge < -0.3 is 15.3 Å². The van der Waals surface area contributed by atoms with Crippen LogP contribution in [0.15, 0.2) is 24.5 Å². The first-order valence-corrected chi connectivity index (χ1v) is 8.68. The van der Waals surface area contributed by atoms with Crippen molar-refractivity contribution in [3.05, 3.63) is 30.1 Å². The monoisotopic (exact) mass is 317 g/mol. The number of likely N-dealkylation sites (tertiary alicyclic amines) is 1. The number of hydrogen-bond acceptors (Lipinski definition) is 4. The third-order valence-electron chi connectivity index (χ3n) is 5.27. The molecule has 5 heteroatoms. The Kier molecular flexibility index (Phi) is 5.28. The molecule has 0 unspecified atom stereocenters. The van der Waals surface area contributed by atoms with Gasteiger partial charge in [-0.1, -0.05) is 6.07 Å². The van der Waals surface area contributed by atoms with E-state index in [4.69, 9.17) is 0 Å². The zero-order chi connectivity index (χ0) is 16.2. The minimum atomic E-state index is -0.393. The first kappa shape index (κ1) is 16.4. The molecule has 3 rings (SSSR count). The zero-order valence-corrected chi connectivity index (χ0v) is 13.8. The van der Waals surface area contributed by atoms with E-state index in [1.54, 1.807) is 0 Å². The van der Waals surface area contributed by atoms with Crippen LogP contribution in [0.2, 0.25) is 0 Å². The standard InChI is InChI=1S/C18H27N3O2/c1-13(22)20-17-8-15-11-21(12-16(15)9-18(17)23)7-3-5-14-4-2-6-19-10-14/h2,4,6,10,15-18,23H,3,5,7-9,11-12H2,1H3,(H,20,22)/t15-,16+,17-,18-/m1/s1.